The number of nitrogens with zero attached hydrogens (tertiary/aromatic N) is 2. The van der Waals surface area contributed by atoms with Gasteiger partial charge in [0.05, 0.1) is 31.9 Å². The summed E-state index contributed by atoms with van der Waals surface area (Å²) in [7, 11) is 0. The van der Waals surface area contributed by atoms with Crippen molar-refractivity contribution in [2.45, 2.75) is 45.8 Å². The van der Waals surface area contributed by atoms with Gasteiger partial charge in [-0.3, -0.25) is 9.59 Å². The van der Waals surface area contributed by atoms with Gasteiger partial charge in [-0.25, -0.2) is 0 Å². The average Bonchev–Trinajstić information content (AvgIpc) is 3.41. The van der Waals surface area contributed by atoms with Gasteiger partial charge in [0.2, 0.25) is 11.8 Å². The highest BCUT2D eigenvalue weighted by molar-refractivity contribution is 5.86. The molecule has 1 atom stereocenters. The van der Waals surface area contributed by atoms with Gasteiger partial charge < -0.3 is 19.0 Å². The fraction of sp³-hybridized carbons (Fsp3) is 0.500. The summed E-state index contributed by atoms with van der Waals surface area (Å²) in [5.74, 6) is 0.892. The Kier molecular flexibility index (Phi) is 8.08. The van der Waals surface area contributed by atoms with E-state index in [1.165, 1.54) is 0 Å². The Hall–Kier alpha value is -2.60. The Bertz CT molecular complexity index is 783. The lowest BCUT2D eigenvalue weighted by Gasteiger charge is -2.29. The number of carbonyl (C=O) groups is 2. The van der Waals surface area contributed by atoms with Crippen LogP contribution in [0.1, 0.15) is 38.0 Å². The van der Waals surface area contributed by atoms with E-state index in [0.717, 1.165) is 30.8 Å². The molecule has 1 aromatic carbocycles. The Labute approximate surface area is 178 Å². The van der Waals surface area contributed by atoms with Gasteiger partial charge in [-0.15, -0.1) is 0 Å². The highest BCUT2D eigenvalue weighted by Crippen LogP contribution is 2.16. The first kappa shape index (κ1) is 22.1. The van der Waals surface area contributed by atoms with E-state index >= 15 is 0 Å². The van der Waals surface area contributed by atoms with Gasteiger partial charge in [0.25, 0.3) is 0 Å². The van der Waals surface area contributed by atoms with Crippen molar-refractivity contribution in [3.8, 4) is 0 Å². The molecule has 1 aliphatic heterocycles. The fourth-order valence-electron chi connectivity index (χ4n) is 3.72. The molecule has 0 bridgehead atoms. The van der Waals surface area contributed by atoms with E-state index in [2.05, 4.69) is 13.8 Å². The van der Waals surface area contributed by atoms with E-state index in [4.69, 9.17) is 9.15 Å². The van der Waals surface area contributed by atoms with Gasteiger partial charge in [0.15, 0.2) is 0 Å². The summed E-state index contributed by atoms with van der Waals surface area (Å²) in [6, 6.07) is 13.3. The molecule has 2 heterocycles. The molecule has 0 saturated carbocycles. The molecule has 0 spiro atoms. The molecule has 1 aromatic heterocycles. The third-order valence-corrected chi connectivity index (χ3v) is 5.19. The molecule has 0 radical (unpaired) electrons. The van der Waals surface area contributed by atoms with E-state index < -0.39 is 0 Å². The molecule has 1 aliphatic rings. The Balaban J connectivity index is 1.68. The first-order valence-corrected chi connectivity index (χ1v) is 10.7. The number of carbonyl (C=O) groups excluding carboxylic acids is 2. The van der Waals surface area contributed by atoms with Gasteiger partial charge >= 0.3 is 0 Å². The van der Waals surface area contributed by atoms with E-state index in [1.807, 2.05) is 42.5 Å². The quantitative estimate of drug-likeness (QED) is 0.599. The van der Waals surface area contributed by atoms with Crippen LogP contribution in [0.4, 0.5) is 0 Å². The van der Waals surface area contributed by atoms with Gasteiger partial charge in [0, 0.05) is 19.7 Å². The minimum atomic E-state index is -0.0797. The molecular formula is C24H32N2O4. The van der Waals surface area contributed by atoms with Crippen molar-refractivity contribution in [2.75, 3.05) is 26.2 Å². The van der Waals surface area contributed by atoms with Crippen molar-refractivity contribution < 1.29 is 18.7 Å². The zero-order valence-electron chi connectivity index (χ0n) is 18.0. The lowest BCUT2D eigenvalue weighted by Crippen LogP contribution is -2.46. The number of rotatable bonds is 10. The number of ether oxygens (including phenoxy) is 1. The molecule has 1 unspecified atom stereocenters. The number of hydrogen-bond acceptors (Lipinski definition) is 4. The van der Waals surface area contributed by atoms with E-state index in [-0.39, 0.29) is 30.4 Å². The summed E-state index contributed by atoms with van der Waals surface area (Å²) >= 11 is 0. The standard InChI is InChI=1S/C24H32N2O4/c1-19(2)15-25(23(27)14-20-8-4-3-5-9-20)18-24(28)26(16-21-10-6-12-29-21)17-22-11-7-13-30-22/h3-6,8-10,12,19,22H,7,11,13-18H2,1-2H3. The van der Waals surface area contributed by atoms with Crippen molar-refractivity contribution in [2.24, 2.45) is 5.92 Å². The number of hydrogen-bond donors (Lipinski definition) is 0. The van der Waals surface area contributed by atoms with Crippen LogP contribution in [0.5, 0.6) is 0 Å². The van der Waals surface area contributed by atoms with Crippen molar-refractivity contribution in [1.82, 2.24) is 9.80 Å². The third kappa shape index (κ3) is 6.73. The Morgan fingerprint density at radius 1 is 1.07 bits per heavy atom. The summed E-state index contributed by atoms with van der Waals surface area (Å²) in [6.07, 6.45) is 3.92. The molecule has 30 heavy (non-hydrogen) atoms. The molecule has 162 valence electrons. The highest BCUT2D eigenvalue weighted by Gasteiger charge is 2.26. The normalized spacial score (nSPS) is 16.0. The van der Waals surface area contributed by atoms with Gasteiger partial charge in [-0.05, 0) is 36.5 Å². The van der Waals surface area contributed by atoms with Gasteiger partial charge in [0.1, 0.15) is 5.76 Å². The van der Waals surface area contributed by atoms with Crippen LogP contribution in [-0.2, 0) is 27.3 Å². The maximum Gasteiger partial charge on any atom is 0.242 e. The molecule has 0 N–H and O–H groups in total. The number of furan rings is 1. The van der Waals surface area contributed by atoms with E-state index in [9.17, 15) is 9.59 Å². The van der Waals surface area contributed by atoms with Crippen LogP contribution in [0.3, 0.4) is 0 Å². The second kappa shape index (κ2) is 11.0. The Morgan fingerprint density at radius 2 is 1.87 bits per heavy atom. The summed E-state index contributed by atoms with van der Waals surface area (Å²) in [5, 5.41) is 0. The van der Waals surface area contributed by atoms with Gasteiger partial charge in [-0.1, -0.05) is 44.2 Å². The maximum atomic E-state index is 13.2. The molecule has 0 aliphatic carbocycles. The molecule has 6 nitrogen and oxygen atoms in total. The second-order valence-electron chi connectivity index (χ2n) is 8.32. The molecule has 2 aromatic rings. The van der Waals surface area contributed by atoms with Crippen LogP contribution >= 0.6 is 0 Å². The summed E-state index contributed by atoms with van der Waals surface area (Å²) < 4.78 is 11.2. The first-order chi connectivity index (χ1) is 14.5. The number of amides is 2. The molecule has 1 fully saturated rings. The minimum absolute atomic E-state index is 0.0293. The molecular weight excluding hydrogens is 380 g/mol. The monoisotopic (exact) mass is 412 g/mol. The van der Waals surface area contributed by atoms with Crippen LogP contribution < -0.4 is 0 Å². The largest absolute Gasteiger partial charge is 0.467 e. The fourth-order valence-corrected chi connectivity index (χ4v) is 3.72. The van der Waals surface area contributed by atoms with Crippen molar-refractivity contribution in [3.63, 3.8) is 0 Å². The SMILES string of the molecule is CC(C)CN(CC(=O)N(Cc1ccco1)CC1CCCO1)C(=O)Cc1ccccc1. The van der Waals surface area contributed by atoms with Gasteiger partial charge in [-0.2, -0.15) is 0 Å². The minimum Gasteiger partial charge on any atom is -0.467 e. The lowest BCUT2D eigenvalue weighted by atomic mass is 10.1. The maximum absolute atomic E-state index is 13.2. The average molecular weight is 413 g/mol. The third-order valence-electron chi connectivity index (χ3n) is 5.19. The topological polar surface area (TPSA) is 63.0 Å². The molecule has 2 amide bonds. The van der Waals surface area contributed by atoms with Crippen molar-refractivity contribution >= 4 is 11.8 Å². The second-order valence-corrected chi connectivity index (χ2v) is 8.32. The van der Waals surface area contributed by atoms with Crippen LogP contribution in [0.15, 0.2) is 53.1 Å². The lowest BCUT2D eigenvalue weighted by molar-refractivity contribution is -0.142. The summed E-state index contributed by atoms with van der Waals surface area (Å²) in [4.78, 5) is 29.7. The van der Waals surface area contributed by atoms with E-state index in [0.29, 0.717) is 26.1 Å². The molecule has 6 heteroatoms. The smallest absolute Gasteiger partial charge is 0.242 e. The first-order valence-electron chi connectivity index (χ1n) is 10.7. The predicted octanol–water partition coefficient (Wildman–Crippen LogP) is 3.51. The van der Waals surface area contributed by atoms with Crippen LogP contribution in [-0.4, -0.2) is 54.0 Å². The van der Waals surface area contributed by atoms with Crippen LogP contribution in [0.25, 0.3) is 0 Å². The van der Waals surface area contributed by atoms with E-state index in [1.54, 1.807) is 16.1 Å². The van der Waals surface area contributed by atoms with Crippen LogP contribution in [0.2, 0.25) is 0 Å². The van der Waals surface area contributed by atoms with Crippen molar-refractivity contribution in [3.05, 3.63) is 60.1 Å². The molecule has 1 saturated heterocycles. The zero-order valence-corrected chi connectivity index (χ0v) is 18.0. The van der Waals surface area contributed by atoms with Crippen LogP contribution in [0, 0.1) is 5.92 Å². The van der Waals surface area contributed by atoms with Crippen molar-refractivity contribution in [1.29, 1.82) is 0 Å². The summed E-state index contributed by atoms with van der Waals surface area (Å²) in [6.45, 7) is 6.36. The zero-order chi connectivity index (χ0) is 21.3. The predicted molar refractivity (Wildman–Crippen MR) is 115 cm³/mol. The Morgan fingerprint density at radius 3 is 2.50 bits per heavy atom. The summed E-state index contributed by atoms with van der Waals surface area (Å²) in [5.41, 5.74) is 0.954. The molecule has 3 rings (SSSR count). The highest BCUT2D eigenvalue weighted by atomic mass is 16.5. The number of benzene rings is 1.